The van der Waals surface area contributed by atoms with E-state index in [1.807, 2.05) is 12.1 Å². The lowest BCUT2D eigenvalue weighted by molar-refractivity contribution is -0.139. The van der Waals surface area contributed by atoms with Gasteiger partial charge in [-0.25, -0.2) is 13.1 Å². The predicted molar refractivity (Wildman–Crippen MR) is 169 cm³/mol. The van der Waals surface area contributed by atoms with E-state index in [4.69, 9.17) is 21.1 Å². The van der Waals surface area contributed by atoms with Crippen LogP contribution in [0.2, 0.25) is 5.02 Å². The summed E-state index contributed by atoms with van der Waals surface area (Å²) in [7, 11) is -4.20. The Hall–Kier alpha value is -3.08. The third-order valence-electron chi connectivity index (χ3n) is 9.74. The Labute approximate surface area is 264 Å². The van der Waals surface area contributed by atoms with E-state index in [-0.39, 0.29) is 40.7 Å². The minimum atomic E-state index is -4.20. The monoisotopic (exact) mass is 641 g/mol. The number of hydrogen-bond donors (Lipinski definition) is 2. The normalized spacial score (nSPS) is 29.2. The van der Waals surface area contributed by atoms with Crippen molar-refractivity contribution in [2.45, 2.75) is 74.8 Å². The number of fused-ring (bicyclic) bond motifs is 4. The van der Waals surface area contributed by atoms with Gasteiger partial charge in [0.15, 0.2) is 0 Å². The zero-order chi connectivity index (χ0) is 31.3. The lowest BCUT2D eigenvalue weighted by Gasteiger charge is -2.46. The number of carbonyl (C=O) groups is 2. The molecule has 2 N–H and O–H groups in total. The number of nitrogens with zero attached hydrogens (tertiary/aromatic N) is 1. The highest BCUT2D eigenvalue weighted by molar-refractivity contribution is 7.90. The summed E-state index contributed by atoms with van der Waals surface area (Å²) < 4.78 is 41.6. The van der Waals surface area contributed by atoms with Crippen molar-refractivity contribution in [2.75, 3.05) is 31.2 Å². The van der Waals surface area contributed by atoms with E-state index < -0.39 is 21.5 Å². The standard InChI is InChI=1S/C33H40ClN3O6S/c1-21(38)35-28-7-5-15-43-32(2,3)31(39)36-44(40,41)25-10-13-30-29(17-25)37(18-23-8-11-26(23)28)19-33(20-42-30)14-4-6-22-16-24(34)9-12-27(22)33/h5,7,9-10,12-13,16-17,23,26,28H,4,6,8,11,14-15,18-20H2,1-3H3,(H,35,38)(H,36,39)/t23-,26+,28-,33-/m0/s1. The summed E-state index contributed by atoms with van der Waals surface area (Å²) in [6, 6.07) is 10.7. The molecular weight excluding hydrogens is 602 g/mol. The molecule has 11 heteroatoms. The lowest BCUT2D eigenvalue weighted by atomic mass is 9.68. The van der Waals surface area contributed by atoms with Gasteiger partial charge in [0, 0.05) is 30.5 Å². The zero-order valence-corrected chi connectivity index (χ0v) is 27.0. The van der Waals surface area contributed by atoms with Crippen LogP contribution in [0.15, 0.2) is 53.4 Å². The first-order chi connectivity index (χ1) is 20.9. The predicted octanol–water partition coefficient (Wildman–Crippen LogP) is 4.51. The Morgan fingerprint density at radius 3 is 2.73 bits per heavy atom. The number of sulfonamides is 1. The molecule has 2 aliphatic carbocycles. The SMILES string of the molecule is CC(=O)N[C@H]1C=CCOC(C)(C)C(=O)NS(=O)(=O)c2ccc3c(c2)N(C[C@@H]2CC[C@H]21)C[C@@]1(CCCc2cc(Cl)ccc21)CO3. The smallest absolute Gasteiger partial charge is 0.265 e. The van der Waals surface area contributed by atoms with Crippen LogP contribution in [-0.4, -0.2) is 58.2 Å². The second kappa shape index (κ2) is 11.7. The van der Waals surface area contributed by atoms with Gasteiger partial charge in [0.25, 0.3) is 15.9 Å². The highest BCUT2D eigenvalue weighted by Gasteiger charge is 2.45. The van der Waals surface area contributed by atoms with Crippen LogP contribution in [0.4, 0.5) is 5.69 Å². The number of halogens is 1. The van der Waals surface area contributed by atoms with Crippen molar-refractivity contribution in [3.63, 3.8) is 0 Å². The number of aryl methyl sites for hydroxylation is 1. The van der Waals surface area contributed by atoms with Crippen molar-refractivity contribution in [3.05, 3.63) is 64.7 Å². The number of ether oxygens (including phenoxy) is 2. The van der Waals surface area contributed by atoms with Gasteiger partial charge in [0.1, 0.15) is 11.4 Å². The van der Waals surface area contributed by atoms with Crippen LogP contribution in [0.3, 0.4) is 0 Å². The molecule has 2 amide bonds. The summed E-state index contributed by atoms with van der Waals surface area (Å²) in [6.07, 6.45) is 8.53. The molecule has 1 saturated carbocycles. The third-order valence-corrected chi connectivity index (χ3v) is 11.3. The molecule has 4 aliphatic rings. The Morgan fingerprint density at radius 2 is 1.98 bits per heavy atom. The quantitative estimate of drug-likeness (QED) is 0.441. The zero-order valence-electron chi connectivity index (χ0n) is 25.4. The number of anilines is 1. The molecule has 1 spiro atoms. The Bertz CT molecular complexity index is 1610. The van der Waals surface area contributed by atoms with Gasteiger partial charge in [-0.15, -0.1) is 0 Å². The molecule has 0 unspecified atom stereocenters. The fraction of sp³-hybridized carbons (Fsp3) is 0.515. The molecule has 0 saturated heterocycles. The molecule has 9 nitrogen and oxygen atoms in total. The van der Waals surface area contributed by atoms with Crippen LogP contribution in [0.1, 0.15) is 57.6 Å². The van der Waals surface area contributed by atoms with Crippen molar-refractivity contribution >= 4 is 39.1 Å². The third kappa shape index (κ3) is 5.96. The molecular formula is C33H40ClN3O6S. The molecule has 236 valence electrons. The fourth-order valence-electron chi connectivity index (χ4n) is 7.20. The summed E-state index contributed by atoms with van der Waals surface area (Å²) in [5, 5.41) is 3.82. The van der Waals surface area contributed by atoms with E-state index in [0.717, 1.165) is 32.1 Å². The molecule has 0 aromatic heterocycles. The number of benzene rings is 2. The van der Waals surface area contributed by atoms with Crippen molar-refractivity contribution in [1.29, 1.82) is 0 Å². The minimum Gasteiger partial charge on any atom is -0.490 e. The molecule has 1 fully saturated rings. The van der Waals surface area contributed by atoms with Crippen molar-refractivity contribution < 1.29 is 27.5 Å². The number of rotatable bonds is 1. The fourth-order valence-corrected chi connectivity index (χ4v) is 8.52. The van der Waals surface area contributed by atoms with Gasteiger partial charge in [-0.05, 0) is 99.2 Å². The van der Waals surface area contributed by atoms with Crippen LogP contribution in [0.5, 0.6) is 5.75 Å². The average Bonchev–Trinajstić information content (AvgIpc) is 3.09. The van der Waals surface area contributed by atoms with Crippen molar-refractivity contribution in [2.24, 2.45) is 11.8 Å². The first kappa shape index (κ1) is 30.9. The van der Waals surface area contributed by atoms with Crippen LogP contribution in [-0.2, 0) is 36.2 Å². The summed E-state index contributed by atoms with van der Waals surface area (Å²) in [4.78, 5) is 27.6. The molecule has 44 heavy (non-hydrogen) atoms. The maximum absolute atomic E-state index is 13.5. The number of amides is 2. The maximum atomic E-state index is 13.5. The second-order valence-corrected chi connectivity index (χ2v) is 15.3. The molecule has 2 aromatic carbocycles. The maximum Gasteiger partial charge on any atom is 0.265 e. The number of hydrogen-bond acceptors (Lipinski definition) is 7. The topological polar surface area (TPSA) is 114 Å². The van der Waals surface area contributed by atoms with Gasteiger partial charge >= 0.3 is 0 Å². The first-order valence-electron chi connectivity index (χ1n) is 15.3. The molecule has 4 atom stereocenters. The first-order valence-corrected chi connectivity index (χ1v) is 17.2. The van der Waals surface area contributed by atoms with E-state index in [0.29, 0.717) is 36.2 Å². The number of carbonyl (C=O) groups excluding carboxylic acids is 2. The summed E-state index contributed by atoms with van der Waals surface area (Å²) in [5.74, 6) is 0.160. The molecule has 2 bridgehead atoms. The summed E-state index contributed by atoms with van der Waals surface area (Å²) >= 11 is 6.40. The van der Waals surface area contributed by atoms with E-state index in [1.165, 1.54) is 38.0 Å². The minimum absolute atomic E-state index is 0.0194. The molecule has 6 rings (SSSR count). The van der Waals surface area contributed by atoms with E-state index in [2.05, 4.69) is 27.1 Å². The van der Waals surface area contributed by atoms with Gasteiger partial charge in [-0.2, -0.15) is 0 Å². The van der Waals surface area contributed by atoms with Gasteiger partial charge in [-0.3, -0.25) is 9.59 Å². The van der Waals surface area contributed by atoms with Crippen LogP contribution < -0.4 is 19.7 Å². The summed E-state index contributed by atoms with van der Waals surface area (Å²) in [6.45, 7) is 6.41. The molecule has 2 aliphatic heterocycles. The molecule has 2 aromatic rings. The van der Waals surface area contributed by atoms with Crippen LogP contribution in [0.25, 0.3) is 0 Å². The van der Waals surface area contributed by atoms with E-state index >= 15 is 0 Å². The number of nitrogens with one attached hydrogen (secondary N) is 2. The molecule has 0 radical (unpaired) electrons. The average molecular weight is 642 g/mol. The van der Waals surface area contributed by atoms with E-state index in [1.54, 1.807) is 18.2 Å². The molecule has 2 heterocycles. The largest absolute Gasteiger partial charge is 0.490 e. The van der Waals surface area contributed by atoms with Crippen LogP contribution in [0, 0.1) is 11.8 Å². The van der Waals surface area contributed by atoms with E-state index in [9.17, 15) is 18.0 Å². The van der Waals surface area contributed by atoms with Gasteiger partial charge in [0.2, 0.25) is 5.91 Å². The Balaban J connectivity index is 1.45. The Morgan fingerprint density at radius 1 is 1.16 bits per heavy atom. The van der Waals surface area contributed by atoms with Gasteiger partial charge in [-0.1, -0.05) is 29.8 Å². The summed E-state index contributed by atoms with van der Waals surface area (Å²) in [5.41, 5.74) is 1.39. The van der Waals surface area contributed by atoms with Crippen molar-refractivity contribution in [3.8, 4) is 5.75 Å². The lowest BCUT2D eigenvalue weighted by Crippen LogP contribution is -2.51. The van der Waals surface area contributed by atoms with Crippen LogP contribution >= 0.6 is 11.6 Å². The van der Waals surface area contributed by atoms with Gasteiger partial charge in [0.05, 0.1) is 29.8 Å². The second-order valence-electron chi connectivity index (χ2n) is 13.1. The Kier molecular flexibility index (Phi) is 8.22. The highest BCUT2D eigenvalue weighted by atomic mass is 35.5. The highest BCUT2D eigenvalue weighted by Crippen LogP contribution is 2.47. The van der Waals surface area contributed by atoms with Crippen molar-refractivity contribution in [1.82, 2.24) is 10.0 Å². The van der Waals surface area contributed by atoms with Gasteiger partial charge < -0.3 is 19.7 Å².